The Morgan fingerprint density at radius 3 is 2.37 bits per heavy atom. The number of anilines is 1. The maximum atomic E-state index is 12.6. The van der Waals surface area contributed by atoms with E-state index in [0.29, 0.717) is 22.7 Å². The summed E-state index contributed by atoms with van der Waals surface area (Å²) in [6, 6.07) is 16.0. The van der Waals surface area contributed by atoms with E-state index in [1.807, 2.05) is 0 Å². The number of rotatable bonds is 6. The zero-order chi connectivity index (χ0) is 21.3. The minimum Gasteiger partial charge on any atom is -0.278 e. The van der Waals surface area contributed by atoms with Gasteiger partial charge in [0.25, 0.3) is 21.8 Å². The Hall–Kier alpha value is -3.23. The number of imide groups is 1. The van der Waals surface area contributed by atoms with Gasteiger partial charge in [0, 0.05) is 12.7 Å². The average Bonchev–Trinajstić information content (AvgIpc) is 2.99. The third-order valence-corrected chi connectivity index (χ3v) is 6.42. The van der Waals surface area contributed by atoms with Gasteiger partial charge >= 0.3 is 0 Å². The molecule has 0 fully saturated rings. The van der Waals surface area contributed by atoms with Gasteiger partial charge in [0.05, 0.1) is 21.2 Å². The van der Waals surface area contributed by atoms with Crippen LogP contribution in [-0.4, -0.2) is 36.7 Å². The van der Waals surface area contributed by atoms with Crippen LogP contribution in [0.2, 0.25) is 5.02 Å². The summed E-state index contributed by atoms with van der Waals surface area (Å²) >= 11 is 6.01. The number of fused-ring (bicyclic) bond motifs is 1. The third-order valence-electron chi connectivity index (χ3n) is 4.71. The molecule has 0 bridgehead atoms. The van der Waals surface area contributed by atoms with Gasteiger partial charge in [-0.2, -0.15) is 0 Å². The van der Waals surface area contributed by atoms with E-state index < -0.39 is 15.9 Å². The third kappa shape index (κ3) is 3.79. The van der Waals surface area contributed by atoms with Crippen molar-refractivity contribution in [3.8, 4) is 0 Å². The van der Waals surface area contributed by atoms with Crippen molar-refractivity contribution in [1.82, 2.24) is 9.88 Å². The molecule has 4 rings (SSSR count). The fourth-order valence-electron chi connectivity index (χ4n) is 3.14. The van der Waals surface area contributed by atoms with Crippen LogP contribution in [0.25, 0.3) is 0 Å². The van der Waals surface area contributed by atoms with Crippen LogP contribution >= 0.6 is 11.6 Å². The second kappa shape index (κ2) is 7.89. The minimum absolute atomic E-state index is 0.0797. The summed E-state index contributed by atoms with van der Waals surface area (Å²) in [4.78, 5) is 30.0. The molecule has 7 nitrogen and oxygen atoms in total. The van der Waals surface area contributed by atoms with Crippen molar-refractivity contribution in [3.05, 3.63) is 88.7 Å². The summed E-state index contributed by atoms with van der Waals surface area (Å²) in [6.07, 6.45) is 1.87. The number of nitrogens with one attached hydrogen (secondary N) is 1. The number of aromatic nitrogens is 1. The fourth-order valence-corrected chi connectivity index (χ4v) is 4.46. The Bertz CT molecular complexity index is 1210. The highest BCUT2D eigenvalue weighted by Gasteiger charge is 2.36. The number of hydrogen-bond acceptors (Lipinski definition) is 5. The number of halogens is 1. The Kier molecular flexibility index (Phi) is 5.27. The van der Waals surface area contributed by atoms with E-state index in [9.17, 15) is 18.0 Å². The maximum absolute atomic E-state index is 12.6. The second-order valence-corrected chi connectivity index (χ2v) is 8.73. The summed E-state index contributed by atoms with van der Waals surface area (Å²) in [5, 5.41) is 0.299. The fraction of sp³-hybridized carbons (Fsp3) is 0.0952. The van der Waals surface area contributed by atoms with Crippen molar-refractivity contribution in [2.24, 2.45) is 0 Å². The maximum Gasteiger partial charge on any atom is 0.280 e. The van der Waals surface area contributed by atoms with Gasteiger partial charge in [-0.05, 0) is 48.4 Å². The molecule has 2 heterocycles. The normalized spacial score (nSPS) is 13.4. The van der Waals surface area contributed by atoms with Crippen molar-refractivity contribution in [3.63, 3.8) is 0 Å². The molecular weight excluding hydrogens is 426 g/mol. The van der Waals surface area contributed by atoms with Crippen molar-refractivity contribution < 1.29 is 18.0 Å². The molecule has 0 spiro atoms. The van der Waals surface area contributed by atoms with E-state index >= 15 is 0 Å². The molecule has 0 unspecified atom stereocenters. The summed E-state index contributed by atoms with van der Waals surface area (Å²) < 4.78 is 27.6. The average molecular weight is 442 g/mol. The molecule has 0 atom stereocenters. The van der Waals surface area contributed by atoms with Gasteiger partial charge in [-0.1, -0.05) is 35.9 Å². The summed E-state index contributed by atoms with van der Waals surface area (Å²) in [5.74, 6) is -0.787. The van der Waals surface area contributed by atoms with Crippen LogP contribution in [-0.2, 0) is 16.4 Å². The molecule has 0 aliphatic carbocycles. The molecule has 2 amide bonds. The first-order valence-corrected chi connectivity index (χ1v) is 10.9. The number of para-hydroxylation sites is 1. The lowest BCUT2D eigenvalue weighted by molar-refractivity contribution is 0.0654. The Labute approximate surface area is 178 Å². The molecule has 1 aliphatic rings. The number of carbonyl (C=O) groups is 2. The van der Waals surface area contributed by atoms with Gasteiger partial charge in [0.2, 0.25) is 0 Å². The highest BCUT2D eigenvalue weighted by atomic mass is 35.5. The predicted octanol–water partition coefficient (Wildman–Crippen LogP) is 3.37. The zero-order valence-corrected chi connectivity index (χ0v) is 17.2. The van der Waals surface area contributed by atoms with E-state index in [1.165, 1.54) is 18.3 Å². The van der Waals surface area contributed by atoms with Gasteiger partial charge in [0.15, 0.2) is 0 Å². The molecule has 0 saturated heterocycles. The van der Waals surface area contributed by atoms with Crippen molar-refractivity contribution >= 4 is 39.1 Å². The highest BCUT2D eigenvalue weighted by molar-refractivity contribution is 7.92. The number of hydrogen-bond donors (Lipinski definition) is 1. The standard InChI is InChI=1S/C21H16ClN3O4S/c22-17-5-1-2-6-18(17)24-30(28,29)15-9-7-14(8-10-15)11-13-25-20(26)16-4-3-12-23-19(16)21(25)27/h1-10,12,24H,11,13H2. The van der Waals surface area contributed by atoms with Crippen molar-refractivity contribution in [1.29, 1.82) is 0 Å². The lowest BCUT2D eigenvalue weighted by Gasteiger charge is -2.14. The lowest BCUT2D eigenvalue weighted by atomic mass is 10.1. The molecule has 0 saturated carbocycles. The molecule has 152 valence electrons. The van der Waals surface area contributed by atoms with Crippen LogP contribution in [0.1, 0.15) is 26.4 Å². The quantitative estimate of drug-likeness (QED) is 0.591. The van der Waals surface area contributed by atoms with E-state index in [-0.39, 0.29) is 23.0 Å². The first-order valence-electron chi connectivity index (χ1n) is 9.04. The van der Waals surface area contributed by atoms with Gasteiger partial charge in [-0.15, -0.1) is 0 Å². The molecule has 1 aliphatic heterocycles. The SMILES string of the molecule is O=C1c2cccnc2C(=O)N1CCc1ccc(S(=O)(=O)Nc2ccccc2Cl)cc1. The van der Waals surface area contributed by atoms with Crippen LogP contribution in [0.4, 0.5) is 5.69 Å². The van der Waals surface area contributed by atoms with E-state index in [4.69, 9.17) is 11.6 Å². The van der Waals surface area contributed by atoms with Gasteiger partial charge in [-0.3, -0.25) is 24.2 Å². The number of nitrogens with zero attached hydrogens (tertiary/aromatic N) is 2. The van der Waals surface area contributed by atoms with Crippen molar-refractivity contribution in [2.75, 3.05) is 11.3 Å². The van der Waals surface area contributed by atoms with Crippen LogP contribution < -0.4 is 4.72 Å². The number of pyridine rings is 1. The van der Waals surface area contributed by atoms with Gasteiger partial charge in [0.1, 0.15) is 5.69 Å². The smallest absolute Gasteiger partial charge is 0.278 e. The number of benzene rings is 2. The molecule has 9 heteroatoms. The van der Waals surface area contributed by atoms with E-state index in [0.717, 1.165) is 10.5 Å². The number of sulfonamides is 1. The van der Waals surface area contributed by atoms with Crippen LogP contribution in [0.3, 0.4) is 0 Å². The van der Waals surface area contributed by atoms with Crippen LogP contribution in [0, 0.1) is 0 Å². The van der Waals surface area contributed by atoms with E-state index in [2.05, 4.69) is 9.71 Å². The molecule has 3 aromatic rings. The molecule has 1 N–H and O–H groups in total. The first-order chi connectivity index (χ1) is 14.4. The molecule has 0 radical (unpaired) electrons. The molecule has 2 aromatic carbocycles. The Morgan fingerprint density at radius 1 is 0.933 bits per heavy atom. The number of amides is 2. The van der Waals surface area contributed by atoms with E-state index in [1.54, 1.807) is 48.5 Å². The summed E-state index contributed by atoms with van der Waals surface area (Å²) in [5.41, 5.74) is 1.54. The summed E-state index contributed by atoms with van der Waals surface area (Å²) in [6.45, 7) is 0.179. The van der Waals surface area contributed by atoms with Gasteiger partial charge in [-0.25, -0.2) is 8.42 Å². The highest BCUT2D eigenvalue weighted by Crippen LogP contribution is 2.24. The molecule has 30 heavy (non-hydrogen) atoms. The predicted molar refractivity (Wildman–Crippen MR) is 112 cm³/mol. The van der Waals surface area contributed by atoms with Crippen molar-refractivity contribution in [2.45, 2.75) is 11.3 Å². The first kappa shape index (κ1) is 20.1. The Morgan fingerprint density at radius 2 is 1.67 bits per heavy atom. The largest absolute Gasteiger partial charge is 0.280 e. The molecule has 1 aromatic heterocycles. The Balaban J connectivity index is 1.44. The zero-order valence-electron chi connectivity index (χ0n) is 15.6. The topological polar surface area (TPSA) is 96.4 Å². The van der Waals surface area contributed by atoms with Gasteiger partial charge < -0.3 is 0 Å². The lowest BCUT2D eigenvalue weighted by Crippen LogP contribution is -2.31. The van der Waals surface area contributed by atoms with Crippen LogP contribution in [0.5, 0.6) is 0 Å². The van der Waals surface area contributed by atoms with Crippen LogP contribution in [0.15, 0.2) is 71.8 Å². The monoisotopic (exact) mass is 441 g/mol. The molecular formula is C21H16ClN3O4S. The number of carbonyl (C=O) groups excluding carboxylic acids is 2. The second-order valence-electron chi connectivity index (χ2n) is 6.64. The minimum atomic E-state index is -3.80. The summed E-state index contributed by atoms with van der Waals surface area (Å²) in [7, 11) is -3.80.